The third kappa shape index (κ3) is 2.87. The maximum absolute atomic E-state index is 11.8. The van der Waals surface area contributed by atoms with Gasteiger partial charge in [-0.1, -0.05) is 0 Å². The molecule has 13 heavy (non-hydrogen) atoms. The second-order valence-corrected chi connectivity index (χ2v) is 3.03. The molecule has 0 N–H and O–H groups in total. The van der Waals surface area contributed by atoms with Gasteiger partial charge in [0.1, 0.15) is 0 Å². The molecule has 0 bridgehead atoms. The fourth-order valence-corrected chi connectivity index (χ4v) is 1.27. The molecule has 0 radical (unpaired) electrons. The lowest BCUT2D eigenvalue weighted by molar-refractivity contribution is -0.171. The van der Waals surface area contributed by atoms with Crippen molar-refractivity contribution in [1.82, 2.24) is 4.90 Å². The van der Waals surface area contributed by atoms with Crippen LogP contribution in [0.4, 0.5) is 13.2 Å². The third-order valence-corrected chi connectivity index (χ3v) is 1.89. The van der Waals surface area contributed by atoms with Crippen LogP contribution in [0, 0.1) is 5.92 Å². The van der Waals surface area contributed by atoms with E-state index in [2.05, 4.69) is 4.74 Å². The van der Waals surface area contributed by atoms with Gasteiger partial charge < -0.3 is 4.74 Å². The van der Waals surface area contributed by atoms with Gasteiger partial charge in [0, 0.05) is 13.1 Å². The van der Waals surface area contributed by atoms with E-state index in [1.54, 1.807) is 0 Å². The van der Waals surface area contributed by atoms with Gasteiger partial charge in [-0.05, 0) is 0 Å². The molecule has 1 saturated heterocycles. The van der Waals surface area contributed by atoms with Crippen LogP contribution in [0.15, 0.2) is 0 Å². The average molecular weight is 197 g/mol. The third-order valence-electron chi connectivity index (χ3n) is 1.89. The number of hydrogen-bond donors (Lipinski definition) is 0. The van der Waals surface area contributed by atoms with Crippen molar-refractivity contribution in [2.24, 2.45) is 5.92 Å². The molecule has 1 aliphatic heterocycles. The van der Waals surface area contributed by atoms with Crippen LogP contribution in [0.2, 0.25) is 0 Å². The number of esters is 1. The second-order valence-electron chi connectivity index (χ2n) is 3.03. The molecule has 0 aliphatic carbocycles. The Morgan fingerprint density at radius 1 is 1.54 bits per heavy atom. The molecule has 1 aliphatic rings. The quantitative estimate of drug-likeness (QED) is 0.609. The van der Waals surface area contributed by atoms with Crippen molar-refractivity contribution in [3.05, 3.63) is 0 Å². The van der Waals surface area contributed by atoms with Crippen molar-refractivity contribution in [3.63, 3.8) is 0 Å². The first-order valence-electron chi connectivity index (χ1n) is 3.79. The molecule has 0 saturated carbocycles. The number of nitrogens with zero attached hydrogens (tertiary/aromatic N) is 1. The molecule has 1 heterocycles. The smallest absolute Gasteiger partial charge is 0.401 e. The first-order valence-corrected chi connectivity index (χ1v) is 3.79. The Hall–Kier alpha value is -0.780. The zero-order chi connectivity index (χ0) is 10.1. The Bertz CT molecular complexity index is 198. The molecule has 1 fully saturated rings. The fraction of sp³-hybridized carbons (Fsp3) is 0.857. The van der Waals surface area contributed by atoms with E-state index in [1.165, 1.54) is 12.0 Å². The predicted molar refractivity (Wildman–Crippen MR) is 38.0 cm³/mol. The molecule has 1 rings (SSSR count). The van der Waals surface area contributed by atoms with Crippen LogP contribution >= 0.6 is 0 Å². The lowest BCUT2D eigenvalue weighted by Gasteiger charge is -2.37. The Kier molecular flexibility index (Phi) is 2.80. The highest BCUT2D eigenvalue weighted by molar-refractivity contribution is 5.73. The topological polar surface area (TPSA) is 29.5 Å². The van der Waals surface area contributed by atoms with Gasteiger partial charge in [0.25, 0.3) is 0 Å². The van der Waals surface area contributed by atoms with Crippen LogP contribution in [0.1, 0.15) is 0 Å². The summed E-state index contributed by atoms with van der Waals surface area (Å²) in [7, 11) is 1.23. The van der Waals surface area contributed by atoms with E-state index in [1.807, 2.05) is 0 Å². The number of hydrogen-bond acceptors (Lipinski definition) is 3. The number of halogens is 3. The minimum atomic E-state index is -4.18. The normalized spacial score (nSPS) is 19.7. The number of alkyl halides is 3. The van der Waals surface area contributed by atoms with E-state index in [9.17, 15) is 18.0 Å². The highest BCUT2D eigenvalue weighted by Crippen LogP contribution is 2.23. The number of carbonyl (C=O) groups is 1. The Balaban J connectivity index is 2.22. The first-order chi connectivity index (χ1) is 5.92. The fourth-order valence-electron chi connectivity index (χ4n) is 1.27. The van der Waals surface area contributed by atoms with Gasteiger partial charge in [-0.3, -0.25) is 9.69 Å². The summed E-state index contributed by atoms with van der Waals surface area (Å²) in [6.07, 6.45) is -4.18. The molecule has 6 heteroatoms. The van der Waals surface area contributed by atoms with Crippen molar-refractivity contribution in [3.8, 4) is 0 Å². The summed E-state index contributed by atoms with van der Waals surface area (Å²) >= 11 is 0. The van der Waals surface area contributed by atoms with Crippen molar-refractivity contribution < 1.29 is 22.7 Å². The van der Waals surface area contributed by atoms with E-state index in [4.69, 9.17) is 0 Å². The van der Waals surface area contributed by atoms with Gasteiger partial charge in [-0.15, -0.1) is 0 Å². The first kappa shape index (κ1) is 10.3. The van der Waals surface area contributed by atoms with Crippen LogP contribution in [0.5, 0.6) is 0 Å². The lowest BCUT2D eigenvalue weighted by atomic mass is 10.0. The molecule has 0 aromatic heterocycles. The Morgan fingerprint density at radius 3 is 2.46 bits per heavy atom. The number of likely N-dealkylation sites (tertiary alicyclic amines) is 1. The van der Waals surface area contributed by atoms with E-state index >= 15 is 0 Å². The molecular weight excluding hydrogens is 187 g/mol. The van der Waals surface area contributed by atoms with Gasteiger partial charge in [0.05, 0.1) is 19.6 Å². The van der Waals surface area contributed by atoms with Gasteiger partial charge in [-0.2, -0.15) is 13.2 Å². The van der Waals surface area contributed by atoms with Crippen LogP contribution in [-0.4, -0.2) is 43.8 Å². The van der Waals surface area contributed by atoms with Gasteiger partial charge >= 0.3 is 12.1 Å². The summed E-state index contributed by atoms with van der Waals surface area (Å²) in [4.78, 5) is 11.9. The summed E-state index contributed by atoms with van der Waals surface area (Å²) in [5, 5.41) is 0. The summed E-state index contributed by atoms with van der Waals surface area (Å²) in [5.74, 6) is -0.814. The average Bonchev–Trinajstić information content (AvgIpc) is 1.92. The van der Waals surface area contributed by atoms with Crippen LogP contribution in [-0.2, 0) is 9.53 Å². The number of methoxy groups -OCH3 is 1. The Morgan fingerprint density at radius 2 is 2.08 bits per heavy atom. The van der Waals surface area contributed by atoms with Crippen molar-refractivity contribution in [1.29, 1.82) is 0 Å². The van der Waals surface area contributed by atoms with E-state index < -0.39 is 18.7 Å². The minimum Gasteiger partial charge on any atom is -0.469 e. The SMILES string of the molecule is COC(=O)C1CN(CC(F)(F)F)C1. The standard InChI is InChI=1S/C7H10F3NO2/c1-13-6(12)5-2-11(3-5)4-7(8,9)10/h5H,2-4H2,1H3. The number of carbonyl (C=O) groups excluding carboxylic acids is 1. The van der Waals surface area contributed by atoms with Crippen LogP contribution < -0.4 is 0 Å². The second kappa shape index (κ2) is 3.53. The molecule has 0 atom stereocenters. The zero-order valence-electron chi connectivity index (χ0n) is 7.10. The summed E-state index contributed by atoms with van der Waals surface area (Å²) in [6.45, 7) is -0.654. The molecule has 0 unspecified atom stereocenters. The van der Waals surface area contributed by atoms with Crippen molar-refractivity contribution in [2.45, 2.75) is 6.18 Å². The van der Waals surface area contributed by atoms with Crippen molar-refractivity contribution in [2.75, 3.05) is 26.7 Å². The van der Waals surface area contributed by atoms with E-state index in [-0.39, 0.29) is 19.0 Å². The lowest BCUT2D eigenvalue weighted by Crippen LogP contribution is -2.53. The predicted octanol–water partition coefficient (Wildman–Crippen LogP) is 0.653. The molecular formula is C7H10F3NO2. The van der Waals surface area contributed by atoms with Crippen LogP contribution in [0.25, 0.3) is 0 Å². The molecule has 0 spiro atoms. The minimum absolute atomic E-state index is 0.145. The number of rotatable bonds is 2. The zero-order valence-corrected chi connectivity index (χ0v) is 7.10. The maximum Gasteiger partial charge on any atom is 0.401 e. The highest BCUT2D eigenvalue weighted by Gasteiger charge is 2.40. The van der Waals surface area contributed by atoms with Gasteiger partial charge in [0.2, 0.25) is 0 Å². The molecule has 0 aromatic carbocycles. The van der Waals surface area contributed by atoms with Gasteiger partial charge in [-0.25, -0.2) is 0 Å². The molecule has 0 amide bonds. The summed E-state index contributed by atoms with van der Waals surface area (Å²) < 4.78 is 39.7. The summed E-state index contributed by atoms with van der Waals surface area (Å²) in [6, 6.07) is 0. The van der Waals surface area contributed by atoms with Gasteiger partial charge in [0.15, 0.2) is 0 Å². The highest BCUT2D eigenvalue weighted by atomic mass is 19.4. The monoisotopic (exact) mass is 197 g/mol. The Labute approximate surface area is 73.5 Å². The molecule has 3 nitrogen and oxygen atoms in total. The van der Waals surface area contributed by atoms with E-state index in [0.717, 1.165) is 0 Å². The van der Waals surface area contributed by atoms with Crippen molar-refractivity contribution >= 4 is 5.97 Å². The molecule has 76 valence electrons. The van der Waals surface area contributed by atoms with Crippen LogP contribution in [0.3, 0.4) is 0 Å². The largest absolute Gasteiger partial charge is 0.469 e. The summed E-state index contributed by atoms with van der Waals surface area (Å²) in [5.41, 5.74) is 0. The number of ether oxygens (including phenoxy) is 1. The van der Waals surface area contributed by atoms with E-state index in [0.29, 0.717) is 0 Å². The molecule has 0 aromatic rings. The maximum atomic E-state index is 11.8.